The Morgan fingerprint density at radius 1 is 1.17 bits per heavy atom. The maximum absolute atomic E-state index is 3.42. The van der Waals surface area contributed by atoms with Crippen LogP contribution in [0.5, 0.6) is 0 Å². The quantitative estimate of drug-likeness (QED) is 0.866. The average Bonchev–Trinajstić information content (AvgIpc) is 2.71. The van der Waals surface area contributed by atoms with E-state index < -0.39 is 0 Å². The van der Waals surface area contributed by atoms with Crippen LogP contribution in [0.4, 0.5) is 0 Å². The van der Waals surface area contributed by atoms with Gasteiger partial charge in [-0.05, 0) is 50.1 Å². The highest BCUT2D eigenvalue weighted by atomic mass is 32.1. The van der Waals surface area contributed by atoms with E-state index in [2.05, 4.69) is 56.4 Å². The van der Waals surface area contributed by atoms with Crippen LogP contribution >= 0.6 is 11.3 Å². The van der Waals surface area contributed by atoms with Gasteiger partial charge in [-0.2, -0.15) is 0 Å². The van der Waals surface area contributed by atoms with Crippen molar-refractivity contribution in [3.8, 4) is 0 Å². The van der Waals surface area contributed by atoms with Gasteiger partial charge in [0.25, 0.3) is 0 Å². The molecule has 0 amide bonds. The van der Waals surface area contributed by atoms with Gasteiger partial charge in [-0.3, -0.25) is 0 Å². The lowest BCUT2D eigenvalue weighted by atomic mass is 10.0. The van der Waals surface area contributed by atoms with Crippen molar-refractivity contribution in [1.29, 1.82) is 0 Å². The Bertz CT molecular complexity index is 491. The summed E-state index contributed by atoms with van der Waals surface area (Å²) in [5.74, 6) is 0. The lowest BCUT2D eigenvalue weighted by molar-refractivity contribution is 0.703. The van der Waals surface area contributed by atoms with Crippen LogP contribution in [0, 0.1) is 13.8 Å². The second-order valence-corrected chi connectivity index (χ2v) is 5.99. The minimum absolute atomic E-state index is 0.313. The van der Waals surface area contributed by atoms with Crippen molar-refractivity contribution >= 4 is 11.3 Å². The molecule has 18 heavy (non-hydrogen) atoms. The molecule has 1 aromatic heterocycles. The Kier molecular flexibility index (Phi) is 4.20. The highest BCUT2D eigenvalue weighted by Crippen LogP contribution is 2.30. The lowest BCUT2D eigenvalue weighted by Crippen LogP contribution is -2.16. The molecule has 0 aliphatic carbocycles. The molecule has 0 fully saturated rings. The zero-order chi connectivity index (χ0) is 13.1. The van der Waals surface area contributed by atoms with Crippen molar-refractivity contribution in [2.45, 2.75) is 33.2 Å². The Hall–Kier alpha value is -1.12. The third-order valence-corrected chi connectivity index (χ3v) is 4.70. The molecule has 0 spiro atoms. The largest absolute Gasteiger partial charge is 0.309 e. The lowest BCUT2D eigenvalue weighted by Gasteiger charge is -2.15. The maximum atomic E-state index is 3.42. The van der Waals surface area contributed by atoms with Crippen molar-refractivity contribution in [1.82, 2.24) is 5.32 Å². The van der Waals surface area contributed by atoms with E-state index in [9.17, 15) is 0 Å². The van der Waals surface area contributed by atoms with Gasteiger partial charge in [0.1, 0.15) is 0 Å². The molecule has 0 saturated heterocycles. The zero-order valence-corrected chi connectivity index (χ0v) is 12.4. The van der Waals surface area contributed by atoms with Gasteiger partial charge in [-0.15, -0.1) is 11.3 Å². The molecule has 0 radical (unpaired) electrons. The Labute approximate surface area is 114 Å². The van der Waals surface area contributed by atoms with E-state index in [1.807, 2.05) is 18.4 Å². The van der Waals surface area contributed by atoms with Gasteiger partial charge in [0.15, 0.2) is 0 Å². The minimum atomic E-state index is 0.313. The fourth-order valence-electron chi connectivity index (χ4n) is 2.16. The fraction of sp³-hybridized carbons (Fsp3) is 0.375. The molecule has 0 aliphatic heterocycles. The average molecular weight is 259 g/mol. The molecular weight excluding hydrogens is 238 g/mol. The molecule has 1 unspecified atom stereocenters. The van der Waals surface area contributed by atoms with Crippen molar-refractivity contribution in [2.75, 3.05) is 7.05 Å². The summed E-state index contributed by atoms with van der Waals surface area (Å²) in [5, 5.41) is 3.42. The van der Waals surface area contributed by atoms with Crippen LogP contribution in [-0.4, -0.2) is 7.05 Å². The van der Waals surface area contributed by atoms with E-state index in [4.69, 9.17) is 0 Å². The van der Waals surface area contributed by atoms with Gasteiger partial charge in [0.05, 0.1) is 6.04 Å². The van der Waals surface area contributed by atoms with Gasteiger partial charge < -0.3 is 5.32 Å². The molecule has 1 heterocycles. The smallest absolute Gasteiger partial charge is 0.0668 e. The molecule has 0 saturated carbocycles. The van der Waals surface area contributed by atoms with Crippen molar-refractivity contribution < 1.29 is 0 Å². The summed E-state index contributed by atoms with van der Waals surface area (Å²) >= 11 is 1.89. The Morgan fingerprint density at radius 2 is 1.83 bits per heavy atom. The van der Waals surface area contributed by atoms with Crippen LogP contribution in [0.15, 0.2) is 30.3 Å². The number of benzene rings is 1. The van der Waals surface area contributed by atoms with Gasteiger partial charge in [-0.1, -0.05) is 31.2 Å². The summed E-state index contributed by atoms with van der Waals surface area (Å²) in [7, 11) is 2.03. The molecule has 1 nitrogen and oxygen atoms in total. The van der Waals surface area contributed by atoms with Crippen LogP contribution in [0.2, 0.25) is 0 Å². The van der Waals surface area contributed by atoms with E-state index in [-0.39, 0.29) is 0 Å². The maximum Gasteiger partial charge on any atom is 0.0668 e. The van der Waals surface area contributed by atoms with E-state index in [0.29, 0.717) is 6.04 Å². The van der Waals surface area contributed by atoms with Crippen LogP contribution in [0.1, 0.15) is 39.4 Å². The first-order chi connectivity index (χ1) is 8.65. The third-order valence-electron chi connectivity index (χ3n) is 3.48. The monoisotopic (exact) mass is 259 g/mol. The second kappa shape index (κ2) is 5.68. The van der Waals surface area contributed by atoms with Gasteiger partial charge in [-0.25, -0.2) is 0 Å². The molecule has 2 aromatic rings. The van der Waals surface area contributed by atoms with E-state index in [1.54, 1.807) is 0 Å². The summed E-state index contributed by atoms with van der Waals surface area (Å²) in [4.78, 5) is 2.81. The van der Waals surface area contributed by atoms with Crippen LogP contribution in [-0.2, 0) is 6.42 Å². The normalized spacial score (nSPS) is 12.7. The molecule has 0 aliphatic rings. The van der Waals surface area contributed by atoms with Crippen molar-refractivity contribution in [3.05, 3.63) is 56.8 Å². The van der Waals surface area contributed by atoms with Crippen LogP contribution in [0.25, 0.3) is 0 Å². The van der Waals surface area contributed by atoms with Gasteiger partial charge in [0.2, 0.25) is 0 Å². The Morgan fingerprint density at radius 3 is 2.28 bits per heavy atom. The predicted octanol–water partition coefficient (Wildman–Crippen LogP) is 4.24. The Balaban J connectivity index is 2.32. The number of thiophene rings is 1. The van der Waals surface area contributed by atoms with Gasteiger partial charge >= 0.3 is 0 Å². The standard InChI is InChI=1S/C16H21NS/c1-5-13-6-8-14(9-7-13)16(17-4)15-10-11(2)12(3)18-15/h6-10,16-17H,5H2,1-4H3. The topological polar surface area (TPSA) is 12.0 Å². The molecule has 1 atom stereocenters. The van der Waals surface area contributed by atoms with Crippen molar-refractivity contribution in [3.63, 3.8) is 0 Å². The summed E-state index contributed by atoms with van der Waals surface area (Å²) in [6.07, 6.45) is 1.10. The SMILES string of the molecule is CCc1ccc(C(NC)c2cc(C)c(C)s2)cc1. The van der Waals surface area contributed by atoms with Crippen LogP contribution < -0.4 is 5.32 Å². The third kappa shape index (κ3) is 2.65. The number of nitrogens with one attached hydrogen (secondary N) is 1. The van der Waals surface area contributed by atoms with Gasteiger partial charge in [0, 0.05) is 9.75 Å². The summed E-state index contributed by atoms with van der Waals surface area (Å²) in [5.41, 5.74) is 4.13. The summed E-state index contributed by atoms with van der Waals surface area (Å²) in [6.45, 7) is 6.56. The minimum Gasteiger partial charge on any atom is -0.309 e. The first kappa shape index (κ1) is 13.3. The highest BCUT2D eigenvalue weighted by Gasteiger charge is 2.14. The molecule has 2 heteroatoms. The molecule has 96 valence electrons. The van der Waals surface area contributed by atoms with Crippen LogP contribution in [0.3, 0.4) is 0 Å². The van der Waals surface area contributed by atoms with E-state index >= 15 is 0 Å². The van der Waals surface area contributed by atoms with E-state index in [1.165, 1.54) is 26.4 Å². The second-order valence-electron chi connectivity index (χ2n) is 4.70. The summed E-state index contributed by atoms with van der Waals surface area (Å²) in [6, 6.07) is 11.6. The summed E-state index contributed by atoms with van der Waals surface area (Å²) < 4.78 is 0. The molecule has 1 N–H and O–H groups in total. The molecular formula is C16H21NS. The molecule has 2 rings (SSSR count). The number of aryl methyl sites for hydroxylation is 3. The first-order valence-corrected chi connectivity index (χ1v) is 7.30. The number of hydrogen-bond donors (Lipinski definition) is 1. The number of hydrogen-bond acceptors (Lipinski definition) is 2. The fourth-order valence-corrected chi connectivity index (χ4v) is 3.34. The highest BCUT2D eigenvalue weighted by molar-refractivity contribution is 7.12. The van der Waals surface area contributed by atoms with E-state index in [0.717, 1.165) is 6.42 Å². The molecule has 1 aromatic carbocycles. The zero-order valence-electron chi connectivity index (χ0n) is 11.6. The number of rotatable bonds is 4. The van der Waals surface area contributed by atoms with Crippen molar-refractivity contribution in [2.24, 2.45) is 0 Å². The first-order valence-electron chi connectivity index (χ1n) is 6.48. The predicted molar refractivity (Wildman–Crippen MR) is 80.5 cm³/mol. The molecule has 0 bridgehead atoms.